The van der Waals surface area contributed by atoms with E-state index in [0.29, 0.717) is 24.1 Å². The molecule has 2 amide bonds. The van der Waals surface area contributed by atoms with Crippen molar-refractivity contribution in [3.8, 4) is 0 Å². The van der Waals surface area contributed by atoms with Crippen LogP contribution in [0.15, 0.2) is 0 Å². The number of ketones is 1. The van der Waals surface area contributed by atoms with Gasteiger partial charge in [0.25, 0.3) is 0 Å². The molecule has 0 N–H and O–H groups in total. The number of amides is 2. The Kier molecular flexibility index (Phi) is 5.47. The van der Waals surface area contributed by atoms with Crippen LogP contribution in [-0.4, -0.2) is 39.5 Å². The Morgan fingerprint density at radius 1 is 1.24 bits per heavy atom. The highest BCUT2D eigenvalue weighted by Gasteiger charge is 2.40. The second kappa shape index (κ2) is 6.95. The maximum absolute atomic E-state index is 12.3. The minimum absolute atomic E-state index is 0.00705. The van der Waals surface area contributed by atoms with Crippen molar-refractivity contribution in [3.63, 3.8) is 0 Å². The molecule has 4 nitrogen and oxygen atoms in total. The summed E-state index contributed by atoms with van der Waals surface area (Å²) in [5.74, 6) is 0.807. The normalized spacial score (nSPS) is 30.3. The van der Waals surface area contributed by atoms with Crippen LogP contribution < -0.4 is 0 Å². The Morgan fingerprint density at radius 3 is 2.38 bits per heavy atom. The van der Waals surface area contributed by atoms with Gasteiger partial charge in [-0.25, -0.2) is 0 Å². The highest BCUT2D eigenvalue weighted by atomic mass is 32.2. The maximum Gasteiger partial charge on any atom is 0.242 e. The van der Waals surface area contributed by atoms with Crippen LogP contribution in [0.2, 0.25) is 0 Å². The number of carbonyl (C=O) groups is 3. The van der Waals surface area contributed by atoms with Crippen molar-refractivity contribution in [2.24, 2.45) is 11.8 Å². The van der Waals surface area contributed by atoms with Crippen molar-refractivity contribution in [1.82, 2.24) is 4.90 Å². The topological polar surface area (TPSA) is 54.5 Å². The molecule has 1 saturated heterocycles. The van der Waals surface area contributed by atoms with Crippen LogP contribution in [0.1, 0.15) is 52.9 Å². The Labute approximate surface area is 131 Å². The Hall–Kier alpha value is -0.840. The predicted octanol–water partition coefficient (Wildman–Crippen LogP) is 2.65. The van der Waals surface area contributed by atoms with Crippen LogP contribution in [-0.2, 0) is 14.4 Å². The number of imide groups is 1. The molecule has 1 aliphatic carbocycles. The second-order valence-electron chi connectivity index (χ2n) is 6.55. The molecule has 1 heterocycles. The van der Waals surface area contributed by atoms with Gasteiger partial charge >= 0.3 is 0 Å². The average Bonchev–Trinajstić information content (AvgIpc) is 2.66. The molecular weight excluding hydrogens is 286 g/mol. The summed E-state index contributed by atoms with van der Waals surface area (Å²) in [5.41, 5.74) is 0. The molecule has 5 heteroatoms. The number of nitrogens with zero attached hydrogens (tertiary/aromatic N) is 1. The number of rotatable bonds is 5. The third-order valence-electron chi connectivity index (χ3n) is 4.50. The van der Waals surface area contributed by atoms with E-state index in [4.69, 9.17) is 0 Å². The van der Waals surface area contributed by atoms with Crippen molar-refractivity contribution in [3.05, 3.63) is 0 Å². The van der Waals surface area contributed by atoms with E-state index < -0.39 is 0 Å². The van der Waals surface area contributed by atoms with Gasteiger partial charge in [-0.1, -0.05) is 13.8 Å². The molecule has 2 aliphatic rings. The summed E-state index contributed by atoms with van der Waals surface area (Å²) in [6, 6.07) is 0. The molecule has 0 aromatic carbocycles. The molecule has 0 radical (unpaired) electrons. The van der Waals surface area contributed by atoms with Crippen molar-refractivity contribution in [1.29, 1.82) is 0 Å². The lowest BCUT2D eigenvalue weighted by molar-refractivity contribution is -0.139. The van der Waals surface area contributed by atoms with Gasteiger partial charge in [-0.15, -0.1) is 11.8 Å². The number of hydrogen-bond acceptors (Lipinski definition) is 4. The van der Waals surface area contributed by atoms with Gasteiger partial charge in [0, 0.05) is 18.9 Å². The third kappa shape index (κ3) is 4.09. The molecule has 0 bridgehead atoms. The number of thioether (sulfide) groups is 1. The van der Waals surface area contributed by atoms with E-state index in [9.17, 15) is 14.4 Å². The van der Waals surface area contributed by atoms with E-state index >= 15 is 0 Å². The van der Waals surface area contributed by atoms with E-state index in [1.807, 2.05) is 13.8 Å². The van der Waals surface area contributed by atoms with Gasteiger partial charge in [0.15, 0.2) is 0 Å². The summed E-state index contributed by atoms with van der Waals surface area (Å²) in [6.45, 7) is 6.31. The minimum Gasteiger partial charge on any atom is -0.300 e. The molecule has 1 atom stereocenters. The van der Waals surface area contributed by atoms with Crippen molar-refractivity contribution in [2.45, 2.75) is 63.4 Å². The summed E-state index contributed by atoms with van der Waals surface area (Å²) >= 11 is 1.59. The zero-order valence-corrected chi connectivity index (χ0v) is 13.9. The number of likely N-dealkylation sites (tertiary alicyclic amines) is 1. The van der Waals surface area contributed by atoms with Crippen LogP contribution in [0.4, 0.5) is 0 Å². The van der Waals surface area contributed by atoms with Gasteiger partial charge < -0.3 is 0 Å². The summed E-state index contributed by atoms with van der Waals surface area (Å²) in [5, 5.41) is 0.170. The highest BCUT2D eigenvalue weighted by molar-refractivity contribution is 8.01. The number of carbonyl (C=O) groups excluding carboxylic acids is 3. The summed E-state index contributed by atoms with van der Waals surface area (Å²) in [4.78, 5) is 37.2. The molecule has 0 spiro atoms. The first-order chi connectivity index (χ1) is 9.88. The quantitative estimate of drug-likeness (QED) is 0.733. The van der Waals surface area contributed by atoms with Crippen LogP contribution in [0.3, 0.4) is 0 Å². The summed E-state index contributed by atoms with van der Waals surface area (Å²) in [6.07, 6.45) is 4.05. The molecule has 1 saturated carbocycles. The van der Waals surface area contributed by atoms with Crippen LogP contribution in [0.5, 0.6) is 0 Å². The largest absolute Gasteiger partial charge is 0.300 e. The summed E-state index contributed by atoms with van der Waals surface area (Å²) < 4.78 is 0. The van der Waals surface area contributed by atoms with E-state index in [-0.39, 0.29) is 28.8 Å². The van der Waals surface area contributed by atoms with Crippen LogP contribution in [0, 0.1) is 11.8 Å². The Bertz CT molecular complexity index is 427. The Balaban J connectivity index is 1.87. The zero-order chi connectivity index (χ0) is 15.6. The molecule has 118 valence electrons. The Morgan fingerprint density at radius 2 is 1.86 bits per heavy atom. The van der Waals surface area contributed by atoms with Gasteiger partial charge in [-0.05, 0) is 43.8 Å². The van der Waals surface area contributed by atoms with Gasteiger partial charge in [-0.2, -0.15) is 0 Å². The highest BCUT2D eigenvalue weighted by Crippen LogP contribution is 2.33. The number of Topliss-reactive ketones (excluding diaryl/α,β-unsaturated/α-hetero) is 1. The van der Waals surface area contributed by atoms with Gasteiger partial charge in [0.1, 0.15) is 5.78 Å². The fourth-order valence-electron chi connectivity index (χ4n) is 3.29. The van der Waals surface area contributed by atoms with E-state index in [1.165, 1.54) is 4.90 Å². The minimum atomic E-state index is -0.189. The lowest BCUT2D eigenvalue weighted by Crippen LogP contribution is -2.37. The molecule has 1 aliphatic heterocycles. The predicted molar refractivity (Wildman–Crippen MR) is 84.0 cm³/mol. The van der Waals surface area contributed by atoms with Gasteiger partial charge in [0.05, 0.1) is 5.25 Å². The molecule has 0 aromatic rings. The van der Waals surface area contributed by atoms with Crippen molar-refractivity contribution >= 4 is 29.4 Å². The first-order valence-corrected chi connectivity index (χ1v) is 8.83. The molecule has 1 unspecified atom stereocenters. The van der Waals surface area contributed by atoms with Crippen LogP contribution in [0.25, 0.3) is 0 Å². The molecular formula is C16H25NO3S. The fraction of sp³-hybridized carbons (Fsp3) is 0.812. The van der Waals surface area contributed by atoms with Crippen LogP contribution >= 0.6 is 11.8 Å². The second-order valence-corrected chi connectivity index (χ2v) is 8.33. The maximum atomic E-state index is 12.3. The molecule has 0 aromatic heterocycles. The third-order valence-corrected chi connectivity index (χ3v) is 5.74. The molecule has 2 fully saturated rings. The first kappa shape index (κ1) is 16.5. The van der Waals surface area contributed by atoms with E-state index in [1.54, 1.807) is 18.7 Å². The van der Waals surface area contributed by atoms with Gasteiger partial charge in [0.2, 0.25) is 11.8 Å². The van der Waals surface area contributed by atoms with Crippen molar-refractivity contribution in [2.75, 3.05) is 6.54 Å². The zero-order valence-electron chi connectivity index (χ0n) is 13.1. The standard InChI is InChI=1S/C16H25NO3S/c1-10(2)21-14-8-15(19)17(16(14)20)9-12-4-6-13(7-5-12)11(3)18/h10,12-14H,4-9H2,1-3H3. The first-order valence-electron chi connectivity index (χ1n) is 7.88. The average molecular weight is 311 g/mol. The monoisotopic (exact) mass is 311 g/mol. The van der Waals surface area contributed by atoms with E-state index in [2.05, 4.69) is 0 Å². The van der Waals surface area contributed by atoms with Gasteiger partial charge in [-0.3, -0.25) is 19.3 Å². The lowest BCUT2D eigenvalue weighted by Gasteiger charge is -2.29. The van der Waals surface area contributed by atoms with Crippen molar-refractivity contribution < 1.29 is 14.4 Å². The smallest absolute Gasteiger partial charge is 0.242 e. The lowest BCUT2D eigenvalue weighted by atomic mass is 9.80. The summed E-state index contributed by atoms with van der Waals surface area (Å²) in [7, 11) is 0. The molecule has 21 heavy (non-hydrogen) atoms. The van der Waals surface area contributed by atoms with E-state index in [0.717, 1.165) is 25.7 Å². The molecule has 2 rings (SSSR count). The number of hydrogen-bond donors (Lipinski definition) is 0. The fourth-order valence-corrected chi connectivity index (χ4v) is 4.43. The SMILES string of the molecule is CC(=O)C1CCC(CN2C(=O)CC(SC(C)C)C2=O)CC1.